The minimum absolute atomic E-state index is 0.0796. The molecule has 22 heavy (non-hydrogen) atoms. The van der Waals surface area contributed by atoms with E-state index in [4.69, 9.17) is 4.74 Å². The number of carbonyl (C=O) groups excluding carboxylic acids is 2. The third kappa shape index (κ3) is 4.68. The highest BCUT2D eigenvalue weighted by molar-refractivity contribution is 5.81. The Morgan fingerprint density at radius 1 is 1.09 bits per heavy atom. The summed E-state index contributed by atoms with van der Waals surface area (Å²) in [5, 5.41) is 6.10. The zero-order valence-electron chi connectivity index (χ0n) is 13.2. The fourth-order valence-electron chi connectivity index (χ4n) is 3.19. The Morgan fingerprint density at radius 2 is 1.86 bits per heavy atom. The molecule has 2 saturated heterocycles. The molecule has 2 N–H and O–H groups in total. The largest absolute Gasteiger partial charge is 0.376 e. The number of ether oxygens (including phenoxy) is 1. The van der Waals surface area contributed by atoms with Gasteiger partial charge >= 0.3 is 0 Å². The smallest absolute Gasteiger partial charge is 0.234 e. The topological polar surface area (TPSA) is 70.7 Å². The third-order valence-corrected chi connectivity index (χ3v) is 4.80. The van der Waals surface area contributed by atoms with Crippen LogP contribution in [0.4, 0.5) is 0 Å². The zero-order valence-corrected chi connectivity index (χ0v) is 13.2. The van der Waals surface area contributed by atoms with Crippen LogP contribution in [0.2, 0.25) is 0 Å². The maximum atomic E-state index is 11.9. The van der Waals surface area contributed by atoms with Crippen LogP contribution in [-0.4, -0.2) is 61.6 Å². The molecule has 1 atom stereocenters. The second-order valence-corrected chi connectivity index (χ2v) is 6.77. The summed E-state index contributed by atoms with van der Waals surface area (Å²) in [6.45, 7) is 3.66. The van der Waals surface area contributed by atoms with Crippen LogP contribution in [0.15, 0.2) is 0 Å². The van der Waals surface area contributed by atoms with E-state index in [0.29, 0.717) is 19.1 Å². The summed E-state index contributed by atoms with van der Waals surface area (Å²) in [5.74, 6) is 0.588. The SMILES string of the molecule is O=C(CN1CCC(NC(=O)C2CC2)CC1)NCC1CCCO1. The lowest BCUT2D eigenvalue weighted by molar-refractivity contribution is -0.125. The number of rotatable bonds is 6. The van der Waals surface area contributed by atoms with E-state index in [1.54, 1.807) is 0 Å². The van der Waals surface area contributed by atoms with Crippen molar-refractivity contribution in [1.29, 1.82) is 0 Å². The Labute approximate surface area is 131 Å². The zero-order chi connectivity index (χ0) is 15.4. The molecule has 1 aliphatic carbocycles. The molecule has 0 spiro atoms. The first-order chi connectivity index (χ1) is 10.7. The molecule has 0 radical (unpaired) electrons. The number of nitrogens with zero attached hydrogens (tertiary/aromatic N) is 1. The molecule has 2 amide bonds. The Bertz CT molecular complexity index is 397. The number of amides is 2. The van der Waals surface area contributed by atoms with Gasteiger partial charge in [0.15, 0.2) is 0 Å². The molecule has 3 aliphatic rings. The van der Waals surface area contributed by atoms with Crippen molar-refractivity contribution in [2.45, 2.75) is 50.7 Å². The van der Waals surface area contributed by atoms with Crippen molar-refractivity contribution in [2.24, 2.45) is 5.92 Å². The maximum Gasteiger partial charge on any atom is 0.234 e. The average molecular weight is 309 g/mol. The number of carbonyl (C=O) groups is 2. The van der Waals surface area contributed by atoms with Gasteiger partial charge in [0, 0.05) is 38.2 Å². The number of hydrogen-bond acceptors (Lipinski definition) is 4. The quantitative estimate of drug-likeness (QED) is 0.739. The highest BCUT2D eigenvalue weighted by Crippen LogP contribution is 2.29. The van der Waals surface area contributed by atoms with E-state index in [9.17, 15) is 9.59 Å². The minimum Gasteiger partial charge on any atom is -0.376 e. The highest BCUT2D eigenvalue weighted by atomic mass is 16.5. The van der Waals surface area contributed by atoms with Gasteiger partial charge in [-0.2, -0.15) is 0 Å². The number of hydrogen-bond donors (Lipinski definition) is 2. The molecule has 0 aromatic rings. The molecular formula is C16H27N3O3. The Kier molecular flexibility index (Phi) is 5.31. The van der Waals surface area contributed by atoms with E-state index in [1.807, 2.05) is 0 Å². The predicted molar refractivity (Wildman–Crippen MR) is 82.3 cm³/mol. The highest BCUT2D eigenvalue weighted by Gasteiger charge is 2.31. The molecule has 6 heteroatoms. The lowest BCUT2D eigenvalue weighted by atomic mass is 10.0. The van der Waals surface area contributed by atoms with Gasteiger partial charge in [0.05, 0.1) is 12.6 Å². The molecule has 2 heterocycles. The van der Waals surface area contributed by atoms with Gasteiger partial charge in [-0.1, -0.05) is 0 Å². The van der Waals surface area contributed by atoms with Crippen LogP contribution in [0.3, 0.4) is 0 Å². The Balaban J connectivity index is 1.29. The Morgan fingerprint density at radius 3 is 2.50 bits per heavy atom. The van der Waals surface area contributed by atoms with Gasteiger partial charge in [-0.25, -0.2) is 0 Å². The number of nitrogens with one attached hydrogen (secondary N) is 2. The van der Waals surface area contributed by atoms with Crippen LogP contribution in [0.1, 0.15) is 38.5 Å². The second-order valence-electron chi connectivity index (χ2n) is 6.77. The van der Waals surface area contributed by atoms with Crippen molar-refractivity contribution in [1.82, 2.24) is 15.5 Å². The van der Waals surface area contributed by atoms with E-state index < -0.39 is 0 Å². The third-order valence-electron chi connectivity index (χ3n) is 4.80. The summed E-state index contributed by atoms with van der Waals surface area (Å²) < 4.78 is 5.50. The van der Waals surface area contributed by atoms with Crippen LogP contribution in [-0.2, 0) is 14.3 Å². The van der Waals surface area contributed by atoms with Crippen molar-refractivity contribution < 1.29 is 14.3 Å². The molecule has 1 unspecified atom stereocenters. The molecule has 2 aliphatic heterocycles. The average Bonchev–Trinajstić information content (AvgIpc) is 3.24. The lowest BCUT2D eigenvalue weighted by Crippen LogP contribution is -2.48. The summed E-state index contributed by atoms with van der Waals surface area (Å²) in [6, 6.07) is 0.291. The predicted octanol–water partition coefficient (Wildman–Crippen LogP) is 0.272. The van der Waals surface area contributed by atoms with E-state index >= 15 is 0 Å². The second kappa shape index (κ2) is 7.42. The van der Waals surface area contributed by atoms with Crippen molar-refractivity contribution in [3.05, 3.63) is 0 Å². The van der Waals surface area contributed by atoms with Crippen molar-refractivity contribution in [3.63, 3.8) is 0 Å². The van der Waals surface area contributed by atoms with Crippen LogP contribution in [0.25, 0.3) is 0 Å². The van der Waals surface area contributed by atoms with Crippen molar-refractivity contribution in [2.75, 3.05) is 32.8 Å². The van der Waals surface area contributed by atoms with Gasteiger partial charge in [-0.3, -0.25) is 14.5 Å². The normalized spacial score (nSPS) is 26.8. The first-order valence-electron chi connectivity index (χ1n) is 8.62. The standard InChI is InChI=1S/C16H27N3O3/c20-15(17-10-14-2-1-9-22-14)11-19-7-5-13(6-8-19)18-16(21)12-3-4-12/h12-14H,1-11H2,(H,17,20)(H,18,21). The van der Waals surface area contributed by atoms with Crippen LogP contribution in [0.5, 0.6) is 0 Å². The molecule has 124 valence electrons. The summed E-state index contributed by atoms with van der Waals surface area (Å²) >= 11 is 0. The van der Waals surface area contributed by atoms with Gasteiger partial charge in [0.1, 0.15) is 0 Å². The Hall–Kier alpha value is -1.14. The van der Waals surface area contributed by atoms with Gasteiger partial charge < -0.3 is 15.4 Å². The van der Waals surface area contributed by atoms with E-state index in [2.05, 4.69) is 15.5 Å². The monoisotopic (exact) mass is 309 g/mol. The van der Waals surface area contributed by atoms with Crippen LogP contribution >= 0.6 is 0 Å². The van der Waals surface area contributed by atoms with E-state index in [1.165, 1.54) is 0 Å². The molecule has 6 nitrogen and oxygen atoms in total. The van der Waals surface area contributed by atoms with Crippen molar-refractivity contribution >= 4 is 11.8 Å². The van der Waals surface area contributed by atoms with E-state index in [0.717, 1.165) is 58.2 Å². The number of likely N-dealkylation sites (tertiary alicyclic amines) is 1. The first-order valence-corrected chi connectivity index (χ1v) is 8.62. The van der Waals surface area contributed by atoms with Gasteiger partial charge in [0.2, 0.25) is 11.8 Å². The van der Waals surface area contributed by atoms with Crippen LogP contribution in [0, 0.1) is 5.92 Å². The fourth-order valence-corrected chi connectivity index (χ4v) is 3.19. The molecular weight excluding hydrogens is 282 g/mol. The summed E-state index contributed by atoms with van der Waals surface area (Å²) in [6.07, 6.45) is 6.33. The van der Waals surface area contributed by atoms with Gasteiger partial charge in [0.25, 0.3) is 0 Å². The van der Waals surface area contributed by atoms with Gasteiger partial charge in [-0.05, 0) is 38.5 Å². The van der Waals surface area contributed by atoms with Crippen LogP contribution < -0.4 is 10.6 Å². The lowest BCUT2D eigenvalue weighted by Gasteiger charge is -2.32. The van der Waals surface area contributed by atoms with E-state index in [-0.39, 0.29) is 23.8 Å². The van der Waals surface area contributed by atoms with Gasteiger partial charge in [-0.15, -0.1) is 0 Å². The molecule has 0 aromatic heterocycles. The minimum atomic E-state index is 0.0796. The van der Waals surface area contributed by atoms with Crippen molar-refractivity contribution in [3.8, 4) is 0 Å². The number of piperidine rings is 1. The maximum absolute atomic E-state index is 11.9. The molecule has 0 bridgehead atoms. The molecule has 1 saturated carbocycles. The summed E-state index contributed by atoms with van der Waals surface area (Å²) in [5.41, 5.74) is 0. The molecule has 3 fully saturated rings. The molecule has 0 aromatic carbocycles. The first kappa shape index (κ1) is 15.7. The summed E-state index contributed by atoms with van der Waals surface area (Å²) in [4.78, 5) is 25.9. The summed E-state index contributed by atoms with van der Waals surface area (Å²) in [7, 11) is 0. The fraction of sp³-hybridized carbons (Fsp3) is 0.875. The molecule has 3 rings (SSSR count).